The first-order valence-corrected chi connectivity index (χ1v) is 9.55. The molecule has 0 aromatic carbocycles. The highest BCUT2D eigenvalue weighted by Gasteiger charge is 2.42. The molecule has 2 aliphatic rings. The number of ether oxygens (including phenoxy) is 1. The lowest BCUT2D eigenvalue weighted by atomic mass is 10.0. The molecule has 0 spiro atoms. The van der Waals surface area contributed by atoms with Gasteiger partial charge in [-0.05, 0) is 19.3 Å². The van der Waals surface area contributed by atoms with Gasteiger partial charge in [-0.15, -0.1) is 0 Å². The van der Waals surface area contributed by atoms with Gasteiger partial charge in [0.2, 0.25) is 5.91 Å². The molecule has 7 nitrogen and oxygen atoms in total. The Hall–Kier alpha value is -1.44. The Morgan fingerprint density at radius 1 is 1.25 bits per heavy atom. The van der Waals surface area contributed by atoms with Gasteiger partial charge in [0, 0.05) is 37.4 Å². The molecule has 0 aromatic rings. The van der Waals surface area contributed by atoms with Crippen LogP contribution in [0, 0.1) is 0 Å². The molecule has 2 saturated heterocycles. The average molecular weight is 357 g/mol. The fourth-order valence-electron chi connectivity index (χ4n) is 3.14. The molecule has 3 atom stereocenters. The number of carbonyl (C=O) groups is 3. The number of esters is 1. The third kappa shape index (κ3) is 5.29. The van der Waals surface area contributed by atoms with Gasteiger partial charge in [-0.3, -0.25) is 9.59 Å². The van der Waals surface area contributed by atoms with Crippen LogP contribution in [0.1, 0.15) is 38.5 Å². The molecule has 2 fully saturated rings. The number of nitrogens with one attached hydrogen (secondary N) is 2. The summed E-state index contributed by atoms with van der Waals surface area (Å²) in [6.45, 7) is 0.577. The van der Waals surface area contributed by atoms with E-state index in [4.69, 9.17) is 0 Å². The number of carbonyl (C=O) groups excluding carboxylic acids is 3. The van der Waals surface area contributed by atoms with E-state index in [1.54, 1.807) is 11.9 Å². The summed E-state index contributed by atoms with van der Waals surface area (Å²) in [4.78, 5) is 36.1. The third-order valence-corrected chi connectivity index (χ3v) is 6.10. The van der Waals surface area contributed by atoms with E-state index in [0.717, 1.165) is 25.0 Å². The highest BCUT2D eigenvalue weighted by atomic mass is 32.2. The van der Waals surface area contributed by atoms with Crippen molar-refractivity contribution in [2.45, 2.75) is 55.9 Å². The number of nitrogens with zero attached hydrogens (tertiary/aromatic N) is 1. The minimum atomic E-state index is -0.239. The molecular weight excluding hydrogens is 330 g/mol. The largest absolute Gasteiger partial charge is 0.469 e. The maximum atomic E-state index is 12.0. The first-order chi connectivity index (χ1) is 11.5. The SMILES string of the molecule is COC(=O)CCCN(C)C(=O)CCCCC1SCC2NC(=O)NC21. The van der Waals surface area contributed by atoms with Crippen molar-refractivity contribution in [1.82, 2.24) is 15.5 Å². The van der Waals surface area contributed by atoms with Crippen LogP contribution in [0.3, 0.4) is 0 Å². The van der Waals surface area contributed by atoms with E-state index in [1.165, 1.54) is 7.11 Å². The number of urea groups is 1. The van der Waals surface area contributed by atoms with Gasteiger partial charge < -0.3 is 20.3 Å². The van der Waals surface area contributed by atoms with Crippen molar-refractivity contribution < 1.29 is 19.1 Å². The van der Waals surface area contributed by atoms with Crippen molar-refractivity contribution in [1.29, 1.82) is 0 Å². The van der Waals surface area contributed by atoms with E-state index >= 15 is 0 Å². The molecule has 8 heteroatoms. The van der Waals surface area contributed by atoms with Crippen LogP contribution in [0.2, 0.25) is 0 Å². The van der Waals surface area contributed by atoms with Gasteiger partial charge in [0.25, 0.3) is 0 Å². The Kier molecular flexibility index (Phi) is 7.20. The Bertz CT molecular complexity index is 474. The highest BCUT2D eigenvalue weighted by molar-refractivity contribution is 8.00. The topological polar surface area (TPSA) is 87.7 Å². The molecular formula is C16H27N3O4S. The van der Waals surface area contributed by atoms with E-state index in [9.17, 15) is 14.4 Å². The van der Waals surface area contributed by atoms with Crippen LogP contribution in [0.25, 0.3) is 0 Å². The van der Waals surface area contributed by atoms with E-state index in [0.29, 0.717) is 31.1 Å². The maximum Gasteiger partial charge on any atom is 0.315 e. The van der Waals surface area contributed by atoms with Gasteiger partial charge in [-0.25, -0.2) is 4.79 Å². The second kappa shape index (κ2) is 9.15. The second-order valence-corrected chi connectivity index (χ2v) is 7.63. The monoisotopic (exact) mass is 357 g/mol. The molecule has 0 aliphatic carbocycles. The molecule has 2 heterocycles. The van der Waals surface area contributed by atoms with Crippen LogP contribution in [0.15, 0.2) is 0 Å². The molecule has 2 N–H and O–H groups in total. The van der Waals surface area contributed by atoms with Gasteiger partial charge in [0.05, 0.1) is 19.2 Å². The van der Waals surface area contributed by atoms with Gasteiger partial charge >= 0.3 is 12.0 Å². The van der Waals surface area contributed by atoms with Gasteiger partial charge in [-0.1, -0.05) is 6.42 Å². The standard InChI is InChI=1S/C16H27N3O4S/c1-19(9-5-8-14(21)23-2)13(20)7-4-3-6-12-15-11(10-24-12)17-16(22)18-15/h11-12,15H,3-10H2,1-2H3,(H2,17,18,22). The molecule has 0 bridgehead atoms. The summed E-state index contributed by atoms with van der Waals surface area (Å²) in [5.74, 6) is 0.847. The predicted octanol–water partition coefficient (Wildman–Crippen LogP) is 1.12. The molecule has 2 aliphatic heterocycles. The Morgan fingerprint density at radius 2 is 2.04 bits per heavy atom. The summed E-state index contributed by atoms with van der Waals surface area (Å²) in [5.41, 5.74) is 0. The van der Waals surface area contributed by atoms with Gasteiger partial charge in [0.15, 0.2) is 0 Å². The summed E-state index contributed by atoms with van der Waals surface area (Å²) in [5, 5.41) is 6.37. The Morgan fingerprint density at radius 3 is 2.79 bits per heavy atom. The molecule has 0 radical (unpaired) electrons. The number of unbranched alkanes of at least 4 members (excludes halogenated alkanes) is 1. The van der Waals surface area contributed by atoms with Crippen LogP contribution in [-0.4, -0.2) is 66.6 Å². The van der Waals surface area contributed by atoms with Crippen molar-refractivity contribution in [2.24, 2.45) is 0 Å². The number of fused-ring (bicyclic) bond motifs is 1. The minimum absolute atomic E-state index is 0.0564. The van der Waals surface area contributed by atoms with Gasteiger partial charge in [0.1, 0.15) is 0 Å². The quantitative estimate of drug-likeness (QED) is 0.367. The van der Waals surface area contributed by atoms with E-state index in [1.807, 2.05) is 11.8 Å². The number of methoxy groups -OCH3 is 1. The fraction of sp³-hybridized carbons (Fsp3) is 0.812. The first kappa shape index (κ1) is 18.9. The molecule has 3 unspecified atom stereocenters. The van der Waals surface area contributed by atoms with Crippen molar-refractivity contribution >= 4 is 29.7 Å². The highest BCUT2D eigenvalue weighted by Crippen LogP contribution is 2.33. The molecule has 24 heavy (non-hydrogen) atoms. The summed E-state index contributed by atoms with van der Waals surface area (Å²) < 4.78 is 4.58. The molecule has 136 valence electrons. The summed E-state index contributed by atoms with van der Waals surface area (Å²) >= 11 is 1.90. The number of thioether (sulfide) groups is 1. The lowest BCUT2D eigenvalue weighted by Crippen LogP contribution is -2.36. The van der Waals surface area contributed by atoms with Crippen LogP contribution in [0.5, 0.6) is 0 Å². The summed E-state index contributed by atoms with van der Waals surface area (Å²) in [6, 6.07) is 0.438. The normalized spacial score (nSPS) is 24.9. The van der Waals surface area contributed by atoms with E-state index in [2.05, 4.69) is 15.4 Å². The molecule has 0 aromatic heterocycles. The van der Waals surface area contributed by atoms with E-state index in [-0.39, 0.29) is 30.0 Å². The Balaban J connectivity index is 1.56. The zero-order chi connectivity index (χ0) is 17.5. The van der Waals surface area contributed by atoms with Crippen LogP contribution in [0.4, 0.5) is 4.79 Å². The second-order valence-electron chi connectivity index (χ2n) is 6.36. The fourth-order valence-corrected chi connectivity index (χ4v) is 4.69. The Labute approximate surface area is 147 Å². The van der Waals surface area contributed by atoms with Crippen molar-refractivity contribution in [3.8, 4) is 0 Å². The summed E-state index contributed by atoms with van der Waals surface area (Å²) in [6.07, 6.45) is 4.37. The molecule has 2 rings (SSSR count). The molecule has 3 amide bonds. The van der Waals surface area contributed by atoms with Crippen molar-refractivity contribution in [2.75, 3.05) is 26.5 Å². The smallest absolute Gasteiger partial charge is 0.315 e. The lowest BCUT2D eigenvalue weighted by Gasteiger charge is -2.18. The van der Waals surface area contributed by atoms with E-state index < -0.39 is 0 Å². The number of hydrogen-bond acceptors (Lipinski definition) is 5. The average Bonchev–Trinajstić information content (AvgIpc) is 3.10. The lowest BCUT2D eigenvalue weighted by molar-refractivity contribution is -0.141. The van der Waals surface area contributed by atoms with Crippen LogP contribution >= 0.6 is 11.8 Å². The predicted molar refractivity (Wildman–Crippen MR) is 92.8 cm³/mol. The minimum Gasteiger partial charge on any atom is -0.469 e. The zero-order valence-corrected chi connectivity index (χ0v) is 15.2. The molecule has 0 saturated carbocycles. The maximum absolute atomic E-state index is 12.0. The number of amides is 3. The van der Waals surface area contributed by atoms with Crippen molar-refractivity contribution in [3.05, 3.63) is 0 Å². The van der Waals surface area contributed by atoms with Crippen LogP contribution < -0.4 is 10.6 Å². The number of hydrogen-bond donors (Lipinski definition) is 2. The number of rotatable bonds is 9. The van der Waals surface area contributed by atoms with Crippen molar-refractivity contribution in [3.63, 3.8) is 0 Å². The zero-order valence-electron chi connectivity index (χ0n) is 14.4. The van der Waals surface area contributed by atoms with Crippen LogP contribution in [-0.2, 0) is 14.3 Å². The van der Waals surface area contributed by atoms with Gasteiger partial charge in [-0.2, -0.15) is 11.8 Å². The third-order valence-electron chi connectivity index (χ3n) is 4.60. The summed E-state index contributed by atoms with van der Waals surface area (Å²) in [7, 11) is 3.14. The first-order valence-electron chi connectivity index (χ1n) is 8.50.